The van der Waals surface area contributed by atoms with Crippen LogP contribution in [0.1, 0.15) is 18.7 Å². The molecule has 142 valence electrons. The zero-order chi connectivity index (χ0) is 19.4. The fourth-order valence-electron chi connectivity index (χ4n) is 4.45. The van der Waals surface area contributed by atoms with E-state index >= 15 is 0 Å². The summed E-state index contributed by atoms with van der Waals surface area (Å²) in [4.78, 5) is 4.65. The molecule has 0 saturated heterocycles. The summed E-state index contributed by atoms with van der Waals surface area (Å²) in [5.74, 6) is 2.74. The van der Waals surface area contributed by atoms with Crippen molar-refractivity contribution >= 4 is 11.9 Å². The normalized spacial score (nSPS) is 18.4. The third-order valence-electron chi connectivity index (χ3n) is 5.70. The molecule has 1 atom stereocenters. The fraction of sp³-hybridized carbons (Fsp3) is 0.125. The van der Waals surface area contributed by atoms with Crippen molar-refractivity contribution in [1.29, 1.82) is 0 Å². The summed E-state index contributed by atoms with van der Waals surface area (Å²) < 4.78 is 8.89. The number of nitrogens with zero attached hydrogens (tertiary/aromatic N) is 2. The molecule has 0 aliphatic carbocycles. The molecule has 0 saturated carbocycles. The molecule has 29 heavy (non-hydrogen) atoms. The van der Waals surface area contributed by atoms with Crippen molar-refractivity contribution in [2.45, 2.75) is 13.1 Å². The minimum atomic E-state index is 0.0851. The van der Waals surface area contributed by atoms with E-state index in [-0.39, 0.29) is 6.17 Å². The van der Waals surface area contributed by atoms with Gasteiger partial charge in [-0.2, -0.15) is 0 Å². The van der Waals surface area contributed by atoms with Gasteiger partial charge >= 0.3 is 0 Å². The average molecular weight is 381 g/mol. The van der Waals surface area contributed by atoms with Crippen molar-refractivity contribution in [3.63, 3.8) is 0 Å². The lowest BCUT2D eigenvalue weighted by Gasteiger charge is -2.22. The second kappa shape index (κ2) is 6.22. The van der Waals surface area contributed by atoms with Crippen molar-refractivity contribution in [2.75, 3.05) is 11.9 Å². The highest BCUT2D eigenvalue weighted by Gasteiger charge is 2.34. The SMILES string of the molecule is CC1=CC=CC(n2c3c(c4c2Oc2cccnc2-c2ccccc2-4)C=CCN3)[NH2+]1. The standard InChI is InChI=1S/C24H20N4O/c1-15-7-4-12-20(27-15)28-23-18(10-5-14-26-23)21-16-8-2-3-9-17(16)22-19(29-24(21)28)11-6-13-25-22/h2-13,20,26-27H,14H2,1H3/p+1. The van der Waals surface area contributed by atoms with E-state index in [2.05, 4.69) is 81.8 Å². The molecule has 1 aromatic carbocycles. The van der Waals surface area contributed by atoms with Crippen molar-refractivity contribution in [3.05, 3.63) is 78.2 Å². The number of pyridine rings is 1. The lowest BCUT2D eigenvalue weighted by Crippen LogP contribution is -2.84. The zero-order valence-electron chi connectivity index (χ0n) is 16.1. The van der Waals surface area contributed by atoms with E-state index in [1.807, 2.05) is 18.3 Å². The third kappa shape index (κ3) is 2.41. The number of hydrogen-bond acceptors (Lipinski definition) is 3. The van der Waals surface area contributed by atoms with E-state index in [4.69, 9.17) is 4.74 Å². The number of benzene rings is 1. The number of nitrogens with two attached hydrogens (primary N) is 1. The van der Waals surface area contributed by atoms with Gasteiger partial charge in [0.05, 0.1) is 5.56 Å². The molecule has 5 heteroatoms. The number of quaternary nitrogens is 1. The summed E-state index contributed by atoms with van der Waals surface area (Å²) >= 11 is 0. The van der Waals surface area contributed by atoms with Crippen molar-refractivity contribution in [2.24, 2.45) is 0 Å². The van der Waals surface area contributed by atoms with E-state index in [0.717, 1.165) is 46.4 Å². The number of allylic oxidation sites excluding steroid dienone is 3. The van der Waals surface area contributed by atoms with Crippen LogP contribution in [0.15, 0.2) is 72.6 Å². The van der Waals surface area contributed by atoms with Crippen LogP contribution >= 0.6 is 0 Å². The van der Waals surface area contributed by atoms with Crippen molar-refractivity contribution < 1.29 is 10.1 Å². The number of ether oxygens (including phenoxy) is 1. The van der Waals surface area contributed by atoms with E-state index in [9.17, 15) is 0 Å². The first-order chi connectivity index (χ1) is 14.3. The molecule has 5 heterocycles. The molecule has 6 rings (SSSR count). The van der Waals surface area contributed by atoms with Crippen molar-refractivity contribution in [3.8, 4) is 34.0 Å². The smallest absolute Gasteiger partial charge is 0.215 e. The van der Waals surface area contributed by atoms with Gasteiger partial charge in [0.15, 0.2) is 11.9 Å². The lowest BCUT2D eigenvalue weighted by atomic mass is 9.95. The van der Waals surface area contributed by atoms with Crippen LogP contribution < -0.4 is 15.4 Å². The molecule has 0 fully saturated rings. The fourth-order valence-corrected chi connectivity index (χ4v) is 4.45. The molecular weight excluding hydrogens is 360 g/mol. The summed E-state index contributed by atoms with van der Waals surface area (Å²) in [6.45, 7) is 2.94. The second-order valence-electron chi connectivity index (χ2n) is 7.55. The largest absolute Gasteiger partial charge is 0.438 e. The molecule has 0 amide bonds. The summed E-state index contributed by atoms with van der Waals surface area (Å²) in [7, 11) is 0. The minimum absolute atomic E-state index is 0.0851. The number of fused-ring (bicyclic) bond motifs is 7. The Bertz CT molecular complexity index is 1230. The maximum absolute atomic E-state index is 6.61. The molecule has 2 aromatic heterocycles. The van der Waals surface area contributed by atoms with Gasteiger partial charge in [-0.05, 0) is 29.8 Å². The van der Waals surface area contributed by atoms with Crippen LogP contribution in [0.25, 0.3) is 28.5 Å². The van der Waals surface area contributed by atoms with Gasteiger partial charge in [0, 0.05) is 30.8 Å². The van der Waals surface area contributed by atoms with Gasteiger partial charge in [0.2, 0.25) is 5.88 Å². The van der Waals surface area contributed by atoms with Crippen LogP contribution in [0.4, 0.5) is 5.82 Å². The number of aromatic nitrogens is 2. The maximum atomic E-state index is 6.61. The number of hydrogen-bond donors (Lipinski definition) is 2. The zero-order valence-corrected chi connectivity index (χ0v) is 16.1. The minimum Gasteiger partial charge on any atom is -0.438 e. The Morgan fingerprint density at radius 2 is 2.07 bits per heavy atom. The second-order valence-corrected chi connectivity index (χ2v) is 7.55. The monoisotopic (exact) mass is 381 g/mol. The van der Waals surface area contributed by atoms with E-state index in [1.54, 1.807) is 0 Å². The third-order valence-corrected chi connectivity index (χ3v) is 5.70. The van der Waals surface area contributed by atoms with Crippen LogP contribution in [0, 0.1) is 0 Å². The Morgan fingerprint density at radius 3 is 2.97 bits per heavy atom. The Labute approximate surface area is 169 Å². The number of anilines is 1. The first kappa shape index (κ1) is 16.4. The van der Waals surface area contributed by atoms with Gasteiger partial charge in [0.25, 0.3) is 0 Å². The Morgan fingerprint density at radius 1 is 1.17 bits per heavy atom. The quantitative estimate of drug-likeness (QED) is 0.517. The first-order valence-corrected chi connectivity index (χ1v) is 9.92. The van der Waals surface area contributed by atoms with Crippen molar-refractivity contribution in [1.82, 2.24) is 9.55 Å². The topological polar surface area (TPSA) is 55.7 Å². The molecule has 3 N–H and O–H groups in total. The molecule has 3 aliphatic heterocycles. The molecule has 1 unspecified atom stereocenters. The van der Waals surface area contributed by atoms with E-state index < -0.39 is 0 Å². The average Bonchev–Trinajstić information content (AvgIpc) is 2.99. The number of rotatable bonds is 1. The summed E-state index contributed by atoms with van der Waals surface area (Å²) in [5, 5.41) is 5.85. The van der Waals surface area contributed by atoms with Gasteiger partial charge in [-0.15, -0.1) is 0 Å². The van der Waals surface area contributed by atoms with Crippen LogP contribution in [-0.2, 0) is 0 Å². The van der Waals surface area contributed by atoms with Gasteiger partial charge < -0.3 is 10.1 Å². The molecule has 5 nitrogen and oxygen atoms in total. The molecule has 0 bridgehead atoms. The van der Waals surface area contributed by atoms with E-state index in [1.165, 1.54) is 11.3 Å². The summed E-state index contributed by atoms with van der Waals surface area (Å²) in [6.07, 6.45) is 12.7. The lowest BCUT2D eigenvalue weighted by molar-refractivity contribution is -0.655. The Kier molecular flexibility index (Phi) is 3.52. The van der Waals surface area contributed by atoms with E-state index in [0.29, 0.717) is 0 Å². The van der Waals surface area contributed by atoms with Crippen LogP contribution in [-0.4, -0.2) is 16.1 Å². The van der Waals surface area contributed by atoms with Crippen LogP contribution in [0.5, 0.6) is 11.6 Å². The van der Waals surface area contributed by atoms with Crippen LogP contribution in [0.3, 0.4) is 0 Å². The highest BCUT2D eigenvalue weighted by atomic mass is 16.5. The number of nitrogens with one attached hydrogen (secondary N) is 1. The Hall–Kier alpha value is -3.57. The summed E-state index contributed by atoms with van der Waals surface area (Å²) in [5.41, 5.74) is 6.66. The molecule has 3 aromatic rings. The molecule has 3 aliphatic rings. The molecular formula is C24H21N4O+. The maximum Gasteiger partial charge on any atom is 0.215 e. The highest BCUT2D eigenvalue weighted by Crippen LogP contribution is 2.52. The molecule has 0 spiro atoms. The first-order valence-electron chi connectivity index (χ1n) is 9.92. The van der Waals surface area contributed by atoms with Crippen LogP contribution in [0.2, 0.25) is 0 Å². The summed E-state index contributed by atoms with van der Waals surface area (Å²) in [6, 6.07) is 12.4. The highest BCUT2D eigenvalue weighted by molar-refractivity contribution is 5.96. The van der Waals surface area contributed by atoms with Gasteiger partial charge in [-0.25, -0.2) is 4.57 Å². The predicted octanol–water partition coefficient (Wildman–Crippen LogP) is 4.30. The predicted molar refractivity (Wildman–Crippen MR) is 115 cm³/mol. The molecule has 0 radical (unpaired) electrons. The van der Waals surface area contributed by atoms with Gasteiger partial charge in [-0.3, -0.25) is 10.3 Å². The van der Waals surface area contributed by atoms with Gasteiger partial charge in [0.1, 0.15) is 17.2 Å². The Balaban J connectivity index is 1.69. The van der Waals surface area contributed by atoms with Gasteiger partial charge in [-0.1, -0.05) is 42.5 Å².